The Labute approximate surface area is 244 Å². The fourth-order valence-electron chi connectivity index (χ4n) is 3.63. The number of benzene rings is 2. The number of halogens is 5. The van der Waals surface area contributed by atoms with E-state index in [1.165, 1.54) is 0 Å². The summed E-state index contributed by atoms with van der Waals surface area (Å²) in [6.45, 7) is 6.98. The molecule has 0 saturated heterocycles. The van der Waals surface area contributed by atoms with Crippen molar-refractivity contribution in [1.82, 2.24) is 30.5 Å². The molecule has 2 aromatic heterocycles. The van der Waals surface area contributed by atoms with Gasteiger partial charge in [-0.25, -0.2) is 4.98 Å². The molecule has 0 aliphatic rings. The van der Waals surface area contributed by atoms with Crippen molar-refractivity contribution in [3.8, 4) is 10.4 Å². The van der Waals surface area contributed by atoms with Gasteiger partial charge in [0, 0.05) is 20.6 Å². The number of carbonyl (C=O) groups excluding carboxylic acids is 2. The average Bonchev–Trinajstić information content (AvgIpc) is 3.47. The van der Waals surface area contributed by atoms with Gasteiger partial charge < -0.3 is 10.6 Å². The molecule has 0 aliphatic carbocycles. The van der Waals surface area contributed by atoms with Crippen molar-refractivity contribution in [1.29, 1.82) is 0 Å². The molecule has 2 N–H and O–H groups in total. The number of aromatic nitrogens is 5. The molecule has 2 aromatic carbocycles. The SMILES string of the molecule is Cc1cc(Br)cc(C(=O)NC(C)(C)C)c1NC(=O)c1nc(Cn2nnc(C(F)(F)F)n2)sc1-c1ccccc1Cl. The van der Waals surface area contributed by atoms with Gasteiger partial charge in [0.05, 0.1) is 16.1 Å². The maximum atomic E-state index is 13.7. The maximum absolute atomic E-state index is 13.7. The predicted molar refractivity (Wildman–Crippen MR) is 149 cm³/mol. The summed E-state index contributed by atoms with van der Waals surface area (Å²) >= 11 is 10.9. The highest BCUT2D eigenvalue weighted by Crippen LogP contribution is 2.36. The molecule has 15 heteroatoms. The Balaban J connectivity index is 1.74. The molecule has 2 amide bonds. The molecule has 40 heavy (non-hydrogen) atoms. The van der Waals surface area contributed by atoms with Crippen molar-refractivity contribution < 1.29 is 22.8 Å². The molecule has 2 heterocycles. The number of anilines is 1. The van der Waals surface area contributed by atoms with Crippen molar-refractivity contribution in [2.75, 3.05) is 5.32 Å². The summed E-state index contributed by atoms with van der Waals surface area (Å²) in [4.78, 5) is 32.3. The molecule has 0 atom stereocenters. The zero-order chi connectivity index (χ0) is 29.4. The van der Waals surface area contributed by atoms with Crippen LogP contribution in [0.15, 0.2) is 40.9 Å². The zero-order valence-corrected chi connectivity index (χ0v) is 24.7. The molecular formula is C25H22BrClF3N7O2S. The second-order valence-electron chi connectivity index (χ2n) is 9.71. The van der Waals surface area contributed by atoms with Crippen molar-refractivity contribution in [2.24, 2.45) is 0 Å². The minimum absolute atomic E-state index is 0.0336. The van der Waals surface area contributed by atoms with Crippen LogP contribution in [0.4, 0.5) is 18.9 Å². The van der Waals surface area contributed by atoms with Crippen LogP contribution in [0.25, 0.3) is 10.4 Å². The van der Waals surface area contributed by atoms with Crippen LogP contribution >= 0.6 is 38.9 Å². The Morgan fingerprint density at radius 1 is 1.12 bits per heavy atom. The second-order valence-corrected chi connectivity index (χ2v) is 12.1. The summed E-state index contributed by atoms with van der Waals surface area (Å²) in [5.74, 6) is -2.43. The van der Waals surface area contributed by atoms with E-state index in [2.05, 4.69) is 47.0 Å². The molecule has 0 fully saturated rings. The number of nitrogens with zero attached hydrogens (tertiary/aromatic N) is 5. The Bertz CT molecular complexity index is 1600. The number of aryl methyl sites for hydroxylation is 1. The summed E-state index contributed by atoms with van der Waals surface area (Å²) in [6, 6.07) is 10.1. The standard InChI is InChI=1S/C25H22BrClF3N7O2S/c1-12-9-13(26)10-15(21(38)33-24(2,3)4)18(12)32-22(39)19-20(14-7-5-6-8-16(14)27)40-17(31-19)11-37-35-23(34-36-37)25(28,29)30/h5-10H,11H2,1-4H3,(H,32,39)(H,33,38). The third kappa shape index (κ3) is 6.85. The van der Waals surface area contributed by atoms with E-state index < -0.39 is 29.4 Å². The van der Waals surface area contributed by atoms with Gasteiger partial charge in [0.15, 0.2) is 0 Å². The summed E-state index contributed by atoms with van der Waals surface area (Å²) in [5.41, 5.74) is 1.06. The van der Waals surface area contributed by atoms with Gasteiger partial charge in [-0.05, 0) is 56.7 Å². The van der Waals surface area contributed by atoms with Crippen molar-refractivity contribution in [3.05, 3.63) is 73.5 Å². The van der Waals surface area contributed by atoms with Gasteiger partial charge in [0.2, 0.25) is 0 Å². The lowest BCUT2D eigenvalue weighted by Crippen LogP contribution is -2.41. The van der Waals surface area contributed by atoms with E-state index in [4.69, 9.17) is 11.6 Å². The highest BCUT2D eigenvalue weighted by atomic mass is 79.9. The smallest absolute Gasteiger partial charge is 0.347 e. The molecule has 0 unspecified atom stereocenters. The van der Waals surface area contributed by atoms with Crippen molar-refractivity contribution >= 4 is 56.4 Å². The molecule has 0 aliphatic heterocycles. The first-order valence-electron chi connectivity index (χ1n) is 11.7. The number of carbonyl (C=O) groups is 2. The van der Waals surface area contributed by atoms with Crippen molar-refractivity contribution in [2.45, 2.75) is 46.0 Å². The Hall–Kier alpha value is -3.36. The Kier molecular flexibility index (Phi) is 8.33. The molecule has 0 spiro atoms. The lowest BCUT2D eigenvalue weighted by atomic mass is 10.0. The van der Waals surface area contributed by atoms with Crippen LogP contribution in [0, 0.1) is 6.92 Å². The minimum atomic E-state index is -4.76. The number of nitrogens with one attached hydrogen (secondary N) is 2. The van der Waals surface area contributed by atoms with Crippen molar-refractivity contribution in [3.63, 3.8) is 0 Å². The topological polar surface area (TPSA) is 115 Å². The second kappa shape index (κ2) is 11.3. The van der Waals surface area contributed by atoms with Crippen LogP contribution in [0.2, 0.25) is 5.02 Å². The summed E-state index contributed by atoms with van der Waals surface area (Å²) in [6.07, 6.45) is -4.76. The van der Waals surface area contributed by atoms with Crippen LogP contribution in [0.5, 0.6) is 0 Å². The van der Waals surface area contributed by atoms with Crippen LogP contribution in [0.1, 0.15) is 58.0 Å². The number of rotatable bonds is 6. The van der Waals surface area contributed by atoms with Gasteiger partial charge in [0.25, 0.3) is 17.6 Å². The van der Waals surface area contributed by atoms with E-state index in [1.807, 2.05) is 20.8 Å². The average molecular weight is 657 g/mol. The van der Waals surface area contributed by atoms with E-state index in [0.29, 0.717) is 25.5 Å². The van der Waals surface area contributed by atoms with E-state index in [9.17, 15) is 22.8 Å². The molecule has 4 rings (SSSR count). The number of alkyl halides is 3. The molecule has 210 valence electrons. The normalized spacial score (nSPS) is 11.9. The number of amides is 2. The first-order valence-corrected chi connectivity index (χ1v) is 13.6. The van der Waals surface area contributed by atoms with Crippen LogP contribution in [-0.2, 0) is 12.7 Å². The summed E-state index contributed by atoms with van der Waals surface area (Å²) in [5, 5.41) is 16.1. The highest BCUT2D eigenvalue weighted by molar-refractivity contribution is 9.10. The first kappa shape index (κ1) is 29.6. The molecule has 0 radical (unpaired) electrons. The predicted octanol–water partition coefficient (Wildman–Crippen LogP) is 6.37. The van der Waals surface area contributed by atoms with Gasteiger partial charge in [-0.3, -0.25) is 9.59 Å². The Morgan fingerprint density at radius 2 is 1.82 bits per heavy atom. The van der Waals surface area contributed by atoms with Crippen LogP contribution in [-0.4, -0.2) is 42.5 Å². The summed E-state index contributed by atoms with van der Waals surface area (Å²) in [7, 11) is 0. The summed E-state index contributed by atoms with van der Waals surface area (Å²) < 4.78 is 39.4. The molecule has 4 aromatic rings. The Morgan fingerprint density at radius 3 is 2.45 bits per heavy atom. The fraction of sp³-hybridized carbons (Fsp3) is 0.280. The lowest BCUT2D eigenvalue weighted by Gasteiger charge is -2.22. The van der Waals surface area contributed by atoms with Crippen LogP contribution in [0.3, 0.4) is 0 Å². The quantitative estimate of drug-likeness (QED) is 0.249. The number of hydrogen-bond acceptors (Lipinski definition) is 7. The molecule has 9 nitrogen and oxygen atoms in total. The van der Waals surface area contributed by atoms with Gasteiger partial charge >= 0.3 is 6.18 Å². The van der Waals surface area contributed by atoms with Gasteiger partial charge in [-0.15, -0.1) is 21.5 Å². The molecular weight excluding hydrogens is 635 g/mol. The number of thiazole rings is 1. The van der Waals surface area contributed by atoms with E-state index >= 15 is 0 Å². The fourth-order valence-corrected chi connectivity index (χ4v) is 5.56. The lowest BCUT2D eigenvalue weighted by molar-refractivity contribution is -0.145. The van der Waals surface area contributed by atoms with E-state index in [-0.39, 0.29) is 28.5 Å². The third-order valence-electron chi connectivity index (χ3n) is 5.26. The first-order chi connectivity index (χ1) is 18.6. The zero-order valence-electron chi connectivity index (χ0n) is 21.5. The monoisotopic (exact) mass is 655 g/mol. The molecule has 0 bridgehead atoms. The maximum Gasteiger partial charge on any atom is 0.455 e. The minimum Gasteiger partial charge on any atom is -0.347 e. The van der Waals surface area contributed by atoms with Crippen LogP contribution < -0.4 is 10.6 Å². The van der Waals surface area contributed by atoms with Gasteiger partial charge in [-0.1, -0.05) is 45.7 Å². The molecule has 0 saturated carbocycles. The highest BCUT2D eigenvalue weighted by Gasteiger charge is 2.37. The third-order valence-corrected chi connectivity index (χ3v) is 7.12. The number of hydrogen-bond donors (Lipinski definition) is 2. The van der Waals surface area contributed by atoms with E-state index in [0.717, 1.165) is 16.1 Å². The van der Waals surface area contributed by atoms with Gasteiger partial charge in [0.1, 0.15) is 17.2 Å². The van der Waals surface area contributed by atoms with Gasteiger partial charge in [-0.2, -0.15) is 18.0 Å². The number of tetrazole rings is 1. The largest absolute Gasteiger partial charge is 0.455 e. The van der Waals surface area contributed by atoms with E-state index in [1.54, 1.807) is 43.3 Å².